The third-order valence-corrected chi connectivity index (χ3v) is 3.14. The second kappa shape index (κ2) is 8.15. The highest BCUT2D eigenvalue weighted by Crippen LogP contribution is 2.12. The molecule has 0 N–H and O–H groups in total. The van der Waals surface area contributed by atoms with E-state index in [1.54, 1.807) is 0 Å². The SMILES string of the molecule is C=CC(C)CC.CCc1cccc(C)c1C.[HH]. The summed E-state index contributed by atoms with van der Waals surface area (Å²) < 4.78 is 0. The zero-order valence-electron chi connectivity index (χ0n) is 11.5. The van der Waals surface area contributed by atoms with E-state index in [-0.39, 0.29) is 1.43 Å². The fourth-order valence-corrected chi connectivity index (χ4v) is 1.36. The molecule has 1 atom stereocenters. The average Bonchev–Trinajstić information content (AvgIpc) is 2.32. The molecule has 0 radical (unpaired) electrons. The Labute approximate surface area is 103 Å². The highest BCUT2D eigenvalue weighted by molar-refractivity contribution is 5.32. The Bertz CT molecular complexity index is 315. The number of rotatable bonds is 3. The quantitative estimate of drug-likeness (QED) is 0.604. The summed E-state index contributed by atoms with van der Waals surface area (Å²) >= 11 is 0. The van der Waals surface area contributed by atoms with Crippen LogP contribution in [0, 0.1) is 19.8 Å². The Hall–Kier alpha value is -1.04. The Balaban J connectivity index is 0. The van der Waals surface area contributed by atoms with Gasteiger partial charge in [-0.05, 0) is 42.9 Å². The Kier molecular flexibility index (Phi) is 7.62. The molecule has 0 heterocycles. The van der Waals surface area contributed by atoms with Gasteiger partial charge in [-0.2, -0.15) is 0 Å². The lowest BCUT2D eigenvalue weighted by Gasteiger charge is -2.04. The molecule has 0 aliphatic rings. The number of aryl methyl sites for hydroxylation is 2. The van der Waals surface area contributed by atoms with E-state index in [9.17, 15) is 0 Å². The van der Waals surface area contributed by atoms with E-state index in [0.29, 0.717) is 5.92 Å². The summed E-state index contributed by atoms with van der Waals surface area (Å²) in [5.41, 5.74) is 4.32. The van der Waals surface area contributed by atoms with Gasteiger partial charge in [-0.25, -0.2) is 0 Å². The van der Waals surface area contributed by atoms with Crippen LogP contribution in [-0.4, -0.2) is 0 Å². The molecule has 0 saturated carbocycles. The molecule has 1 aromatic carbocycles. The van der Waals surface area contributed by atoms with E-state index in [1.807, 2.05) is 6.08 Å². The van der Waals surface area contributed by atoms with Gasteiger partial charge >= 0.3 is 0 Å². The van der Waals surface area contributed by atoms with Crippen LogP contribution in [0.25, 0.3) is 0 Å². The molecule has 1 rings (SSSR count). The van der Waals surface area contributed by atoms with Crippen LogP contribution in [-0.2, 0) is 6.42 Å². The first-order chi connectivity index (χ1) is 7.56. The molecule has 1 unspecified atom stereocenters. The van der Waals surface area contributed by atoms with Crippen molar-refractivity contribution in [3.8, 4) is 0 Å². The lowest BCUT2D eigenvalue weighted by molar-refractivity contribution is 0.700. The van der Waals surface area contributed by atoms with E-state index < -0.39 is 0 Å². The Morgan fingerprint density at radius 3 is 2.25 bits per heavy atom. The van der Waals surface area contributed by atoms with Crippen LogP contribution >= 0.6 is 0 Å². The van der Waals surface area contributed by atoms with Gasteiger partial charge in [-0.3, -0.25) is 0 Å². The van der Waals surface area contributed by atoms with Gasteiger partial charge in [0.1, 0.15) is 0 Å². The summed E-state index contributed by atoms with van der Waals surface area (Å²) in [7, 11) is 0. The fraction of sp³-hybridized carbons (Fsp3) is 0.500. The molecule has 0 aromatic heterocycles. The lowest BCUT2D eigenvalue weighted by Crippen LogP contribution is -1.88. The van der Waals surface area contributed by atoms with Crippen molar-refractivity contribution in [2.24, 2.45) is 5.92 Å². The van der Waals surface area contributed by atoms with Crippen molar-refractivity contribution >= 4 is 0 Å². The molecule has 0 spiro atoms. The van der Waals surface area contributed by atoms with Gasteiger partial charge in [0.15, 0.2) is 0 Å². The van der Waals surface area contributed by atoms with Crippen molar-refractivity contribution in [1.29, 1.82) is 0 Å². The van der Waals surface area contributed by atoms with Crippen LogP contribution < -0.4 is 0 Å². The molecule has 0 bridgehead atoms. The van der Waals surface area contributed by atoms with Crippen LogP contribution in [0.4, 0.5) is 0 Å². The Morgan fingerprint density at radius 1 is 1.31 bits per heavy atom. The van der Waals surface area contributed by atoms with Crippen molar-refractivity contribution in [1.82, 2.24) is 0 Å². The minimum absolute atomic E-state index is 0. The fourth-order valence-electron chi connectivity index (χ4n) is 1.36. The minimum Gasteiger partial charge on any atom is -0.103 e. The highest BCUT2D eigenvalue weighted by atomic mass is 14.0. The maximum absolute atomic E-state index is 3.63. The van der Waals surface area contributed by atoms with Crippen LogP contribution in [0.2, 0.25) is 0 Å². The van der Waals surface area contributed by atoms with E-state index >= 15 is 0 Å². The summed E-state index contributed by atoms with van der Waals surface area (Å²) in [6.07, 6.45) is 4.33. The predicted molar refractivity (Wildman–Crippen MR) is 77.1 cm³/mol. The van der Waals surface area contributed by atoms with Crippen LogP contribution in [0.3, 0.4) is 0 Å². The summed E-state index contributed by atoms with van der Waals surface area (Å²) in [6, 6.07) is 6.48. The zero-order valence-corrected chi connectivity index (χ0v) is 11.5. The molecule has 92 valence electrons. The standard InChI is InChI=1S/C10H14.C6H12.H2/c1-4-10-7-5-6-8(2)9(10)3;1-4-6(3)5-2;/h5-7H,4H2,1-3H3;4,6H,1,5H2,2-3H3;1H. The normalized spacial score (nSPS) is 11.3. The maximum atomic E-state index is 3.63. The van der Waals surface area contributed by atoms with Crippen molar-refractivity contribution in [2.75, 3.05) is 0 Å². The molecule has 0 nitrogen and oxygen atoms in total. The zero-order chi connectivity index (χ0) is 12.6. The molecular weight excluding hydrogens is 192 g/mol. The first-order valence-electron chi connectivity index (χ1n) is 6.24. The molecule has 0 saturated heterocycles. The van der Waals surface area contributed by atoms with Crippen LogP contribution in [0.15, 0.2) is 30.9 Å². The molecule has 16 heavy (non-hydrogen) atoms. The van der Waals surface area contributed by atoms with Gasteiger partial charge in [0.25, 0.3) is 0 Å². The summed E-state index contributed by atoms with van der Waals surface area (Å²) in [6.45, 7) is 14.5. The number of hydrogen-bond donors (Lipinski definition) is 0. The van der Waals surface area contributed by atoms with Crippen molar-refractivity contribution in [3.63, 3.8) is 0 Å². The van der Waals surface area contributed by atoms with Crippen molar-refractivity contribution < 1.29 is 1.43 Å². The molecule has 0 aliphatic heterocycles. The first-order valence-corrected chi connectivity index (χ1v) is 6.24. The Morgan fingerprint density at radius 2 is 1.94 bits per heavy atom. The smallest absolute Gasteiger partial charge is 0 e. The molecule has 0 aliphatic carbocycles. The summed E-state index contributed by atoms with van der Waals surface area (Å²) in [4.78, 5) is 0. The third-order valence-electron chi connectivity index (χ3n) is 3.14. The number of hydrogen-bond acceptors (Lipinski definition) is 0. The van der Waals surface area contributed by atoms with Crippen molar-refractivity contribution in [3.05, 3.63) is 47.5 Å². The highest BCUT2D eigenvalue weighted by Gasteiger charge is 1.95. The maximum Gasteiger partial charge on any atom is 0 e. The first kappa shape index (κ1) is 15.0. The predicted octanol–water partition coefficient (Wildman–Crippen LogP) is 5.33. The lowest BCUT2D eigenvalue weighted by atomic mass is 10.0. The van der Waals surface area contributed by atoms with Gasteiger partial charge in [-0.15, -0.1) is 6.58 Å². The molecule has 0 heteroatoms. The van der Waals surface area contributed by atoms with E-state index in [4.69, 9.17) is 0 Å². The summed E-state index contributed by atoms with van der Waals surface area (Å²) in [5, 5.41) is 0. The topological polar surface area (TPSA) is 0 Å². The minimum atomic E-state index is 0. The molecule has 0 fully saturated rings. The van der Waals surface area contributed by atoms with Gasteiger partial charge in [0.05, 0.1) is 0 Å². The average molecular weight is 220 g/mol. The monoisotopic (exact) mass is 220 g/mol. The molecule has 1 aromatic rings. The second-order valence-corrected chi connectivity index (χ2v) is 4.33. The third kappa shape index (κ3) is 5.16. The van der Waals surface area contributed by atoms with Crippen LogP contribution in [0.1, 0.15) is 45.3 Å². The van der Waals surface area contributed by atoms with Crippen LogP contribution in [0.5, 0.6) is 0 Å². The largest absolute Gasteiger partial charge is 0.103 e. The molecule has 0 amide bonds. The van der Waals surface area contributed by atoms with Crippen molar-refractivity contribution in [2.45, 2.75) is 47.5 Å². The van der Waals surface area contributed by atoms with Gasteiger partial charge < -0.3 is 0 Å². The second-order valence-electron chi connectivity index (χ2n) is 4.33. The number of benzene rings is 1. The van der Waals surface area contributed by atoms with Gasteiger partial charge in [0, 0.05) is 1.43 Å². The number of allylic oxidation sites excluding steroid dienone is 1. The van der Waals surface area contributed by atoms with E-state index in [1.165, 1.54) is 23.1 Å². The summed E-state index contributed by atoms with van der Waals surface area (Å²) in [5.74, 6) is 0.699. The van der Waals surface area contributed by atoms with Gasteiger partial charge in [0.2, 0.25) is 0 Å². The van der Waals surface area contributed by atoms with Gasteiger partial charge in [-0.1, -0.05) is 51.5 Å². The molecular formula is C16H28. The van der Waals surface area contributed by atoms with E-state index in [0.717, 1.165) is 6.42 Å². The van der Waals surface area contributed by atoms with E-state index in [2.05, 4.69) is 59.4 Å².